The Morgan fingerprint density at radius 3 is 2.57 bits per heavy atom. The maximum Gasteiger partial charge on any atom is 0.0619 e. The van der Waals surface area contributed by atoms with Crippen LogP contribution in [0, 0.1) is 0 Å². The van der Waals surface area contributed by atoms with Crippen LogP contribution in [0.15, 0.2) is 0 Å². The van der Waals surface area contributed by atoms with Crippen LogP contribution < -0.4 is 5.32 Å². The molecule has 0 spiro atoms. The summed E-state index contributed by atoms with van der Waals surface area (Å²) in [5, 5.41) is 3.73. The first-order chi connectivity index (χ1) is 6.84. The molecule has 2 fully saturated rings. The monoisotopic (exact) mass is 198 g/mol. The van der Waals surface area contributed by atoms with Crippen molar-refractivity contribution in [1.82, 2.24) is 10.2 Å². The molecule has 0 saturated carbocycles. The average molecular weight is 198 g/mol. The molecule has 1 atom stereocenters. The minimum absolute atomic E-state index is 0.622. The van der Waals surface area contributed by atoms with E-state index >= 15 is 0 Å². The minimum Gasteiger partial charge on any atom is -0.380 e. The fourth-order valence-electron chi connectivity index (χ4n) is 2.38. The van der Waals surface area contributed by atoms with Crippen molar-refractivity contribution in [1.29, 1.82) is 0 Å². The fourth-order valence-corrected chi connectivity index (χ4v) is 2.38. The molecule has 0 radical (unpaired) electrons. The Morgan fingerprint density at radius 2 is 1.93 bits per heavy atom. The molecular formula is C11H22N2O. The van der Waals surface area contributed by atoms with E-state index in [4.69, 9.17) is 4.74 Å². The Bertz CT molecular complexity index is 161. The zero-order valence-electron chi connectivity index (χ0n) is 9.17. The summed E-state index contributed by atoms with van der Waals surface area (Å²) in [6.45, 7) is 4.37. The zero-order chi connectivity index (χ0) is 9.80. The molecule has 2 saturated heterocycles. The van der Waals surface area contributed by atoms with Gasteiger partial charge in [0.1, 0.15) is 0 Å². The standard InChI is InChI=1S/C11H22N2O/c1-13-6-4-10(5-7-13)12-11-3-2-8-14-9-11/h10-12H,2-9H2,1H3. The lowest BCUT2D eigenvalue weighted by atomic mass is 10.0. The van der Waals surface area contributed by atoms with E-state index in [-0.39, 0.29) is 0 Å². The molecular weight excluding hydrogens is 176 g/mol. The van der Waals surface area contributed by atoms with E-state index in [0.717, 1.165) is 19.3 Å². The number of likely N-dealkylation sites (tertiary alicyclic amines) is 1. The van der Waals surface area contributed by atoms with Gasteiger partial charge in [0, 0.05) is 18.7 Å². The predicted molar refractivity (Wildman–Crippen MR) is 57.5 cm³/mol. The van der Waals surface area contributed by atoms with Gasteiger partial charge in [-0.25, -0.2) is 0 Å². The summed E-state index contributed by atoms with van der Waals surface area (Å²) >= 11 is 0. The fraction of sp³-hybridized carbons (Fsp3) is 1.00. The third kappa shape index (κ3) is 2.94. The lowest BCUT2D eigenvalue weighted by molar-refractivity contribution is 0.0623. The van der Waals surface area contributed by atoms with Gasteiger partial charge < -0.3 is 15.0 Å². The second-order valence-corrected chi connectivity index (χ2v) is 4.66. The topological polar surface area (TPSA) is 24.5 Å². The van der Waals surface area contributed by atoms with Gasteiger partial charge in [-0.3, -0.25) is 0 Å². The van der Waals surface area contributed by atoms with E-state index in [1.165, 1.54) is 38.8 Å². The van der Waals surface area contributed by atoms with Gasteiger partial charge in [-0.05, 0) is 45.8 Å². The molecule has 14 heavy (non-hydrogen) atoms. The van der Waals surface area contributed by atoms with E-state index in [0.29, 0.717) is 6.04 Å². The van der Waals surface area contributed by atoms with Crippen molar-refractivity contribution in [3.63, 3.8) is 0 Å². The first-order valence-electron chi connectivity index (χ1n) is 5.87. The van der Waals surface area contributed by atoms with Crippen molar-refractivity contribution >= 4 is 0 Å². The van der Waals surface area contributed by atoms with Crippen molar-refractivity contribution in [2.24, 2.45) is 0 Å². The van der Waals surface area contributed by atoms with Crippen LogP contribution in [0.1, 0.15) is 25.7 Å². The van der Waals surface area contributed by atoms with Gasteiger partial charge in [0.05, 0.1) is 6.61 Å². The Morgan fingerprint density at radius 1 is 1.14 bits per heavy atom. The van der Waals surface area contributed by atoms with Gasteiger partial charge in [0.25, 0.3) is 0 Å². The van der Waals surface area contributed by atoms with Crippen LogP contribution in [0.4, 0.5) is 0 Å². The van der Waals surface area contributed by atoms with Gasteiger partial charge in [-0.1, -0.05) is 0 Å². The van der Waals surface area contributed by atoms with Gasteiger partial charge in [-0.15, -0.1) is 0 Å². The molecule has 2 aliphatic heterocycles. The number of hydrogen-bond acceptors (Lipinski definition) is 3. The highest BCUT2D eigenvalue weighted by atomic mass is 16.5. The van der Waals surface area contributed by atoms with Crippen LogP contribution >= 0.6 is 0 Å². The van der Waals surface area contributed by atoms with Gasteiger partial charge in [0.15, 0.2) is 0 Å². The van der Waals surface area contributed by atoms with Crippen LogP contribution in [-0.4, -0.2) is 50.3 Å². The third-order valence-electron chi connectivity index (χ3n) is 3.35. The second kappa shape index (κ2) is 5.10. The molecule has 1 unspecified atom stereocenters. The number of piperidine rings is 1. The lowest BCUT2D eigenvalue weighted by Gasteiger charge is -2.33. The number of nitrogens with one attached hydrogen (secondary N) is 1. The highest BCUT2D eigenvalue weighted by Gasteiger charge is 2.21. The largest absolute Gasteiger partial charge is 0.380 e. The Balaban J connectivity index is 1.68. The molecule has 3 nitrogen and oxygen atoms in total. The van der Waals surface area contributed by atoms with Gasteiger partial charge in [0.2, 0.25) is 0 Å². The second-order valence-electron chi connectivity index (χ2n) is 4.66. The van der Waals surface area contributed by atoms with Crippen LogP contribution in [-0.2, 0) is 4.74 Å². The predicted octanol–water partition coefficient (Wildman–Crippen LogP) is 0.849. The Hall–Kier alpha value is -0.120. The summed E-state index contributed by atoms with van der Waals surface area (Å²) in [6, 6.07) is 1.36. The molecule has 0 aromatic carbocycles. The summed E-state index contributed by atoms with van der Waals surface area (Å²) in [5.74, 6) is 0. The van der Waals surface area contributed by atoms with E-state index in [9.17, 15) is 0 Å². The van der Waals surface area contributed by atoms with Crippen LogP contribution in [0.5, 0.6) is 0 Å². The molecule has 0 amide bonds. The van der Waals surface area contributed by atoms with Crippen LogP contribution in [0.2, 0.25) is 0 Å². The Kier molecular flexibility index (Phi) is 3.79. The zero-order valence-corrected chi connectivity index (χ0v) is 9.17. The molecule has 0 aromatic heterocycles. The van der Waals surface area contributed by atoms with Gasteiger partial charge in [-0.2, -0.15) is 0 Å². The quantitative estimate of drug-likeness (QED) is 0.712. The van der Waals surface area contributed by atoms with E-state index in [2.05, 4.69) is 17.3 Å². The van der Waals surface area contributed by atoms with Crippen molar-refractivity contribution in [2.45, 2.75) is 37.8 Å². The molecule has 2 aliphatic rings. The number of nitrogens with zero attached hydrogens (tertiary/aromatic N) is 1. The van der Waals surface area contributed by atoms with E-state index < -0.39 is 0 Å². The molecule has 2 heterocycles. The third-order valence-corrected chi connectivity index (χ3v) is 3.35. The lowest BCUT2D eigenvalue weighted by Crippen LogP contribution is -2.47. The first-order valence-corrected chi connectivity index (χ1v) is 5.87. The summed E-state index contributed by atoms with van der Waals surface area (Å²) in [7, 11) is 2.21. The Labute approximate surface area is 86.8 Å². The molecule has 0 aliphatic carbocycles. The molecule has 2 rings (SSSR count). The average Bonchev–Trinajstić information content (AvgIpc) is 2.23. The SMILES string of the molecule is CN1CCC(NC2CCCOC2)CC1. The summed E-state index contributed by atoms with van der Waals surface area (Å²) < 4.78 is 5.47. The highest BCUT2D eigenvalue weighted by molar-refractivity contribution is 4.80. The maximum absolute atomic E-state index is 5.47. The van der Waals surface area contributed by atoms with E-state index in [1.54, 1.807) is 0 Å². The van der Waals surface area contributed by atoms with Crippen LogP contribution in [0.3, 0.4) is 0 Å². The molecule has 3 heteroatoms. The van der Waals surface area contributed by atoms with Crippen molar-refractivity contribution < 1.29 is 4.74 Å². The molecule has 1 N–H and O–H groups in total. The van der Waals surface area contributed by atoms with Crippen molar-refractivity contribution in [3.8, 4) is 0 Å². The molecule has 0 bridgehead atoms. The van der Waals surface area contributed by atoms with Crippen LogP contribution in [0.25, 0.3) is 0 Å². The maximum atomic E-state index is 5.47. The summed E-state index contributed by atoms with van der Waals surface area (Å²) in [5.41, 5.74) is 0. The molecule has 82 valence electrons. The van der Waals surface area contributed by atoms with E-state index in [1.807, 2.05) is 0 Å². The number of rotatable bonds is 2. The minimum atomic E-state index is 0.622. The normalized spacial score (nSPS) is 31.9. The highest BCUT2D eigenvalue weighted by Crippen LogP contribution is 2.12. The first kappa shape index (κ1) is 10.4. The van der Waals surface area contributed by atoms with Gasteiger partial charge >= 0.3 is 0 Å². The summed E-state index contributed by atoms with van der Waals surface area (Å²) in [4.78, 5) is 2.41. The van der Waals surface area contributed by atoms with Crippen molar-refractivity contribution in [2.75, 3.05) is 33.4 Å². The number of hydrogen-bond donors (Lipinski definition) is 1. The smallest absolute Gasteiger partial charge is 0.0619 e. The molecule has 0 aromatic rings. The van der Waals surface area contributed by atoms with Crippen molar-refractivity contribution in [3.05, 3.63) is 0 Å². The summed E-state index contributed by atoms with van der Waals surface area (Å²) in [6.07, 6.45) is 5.12. The number of ether oxygens (including phenoxy) is 1.